The highest BCUT2D eigenvalue weighted by atomic mass is 16.5. The van der Waals surface area contributed by atoms with Gasteiger partial charge >= 0.3 is 5.97 Å². The lowest BCUT2D eigenvalue weighted by Crippen LogP contribution is -2.48. The van der Waals surface area contributed by atoms with E-state index < -0.39 is 5.97 Å². The molecule has 4 aliphatic carbocycles. The Bertz CT molecular complexity index is 918. The van der Waals surface area contributed by atoms with Crippen LogP contribution >= 0.6 is 0 Å². The number of hydrogen-bond acceptors (Lipinski definition) is 5. The number of ketones is 1. The second-order valence-electron chi connectivity index (χ2n) is 10.1. The Morgan fingerprint density at radius 3 is 2.42 bits per heavy atom. The fraction of sp³-hybridized carbons (Fsp3) is 0.583. The van der Waals surface area contributed by atoms with Gasteiger partial charge in [-0.25, -0.2) is 0 Å². The number of rotatable bonds is 7. The van der Waals surface area contributed by atoms with Gasteiger partial charge in [0.05, 0.1) is 6.42 Å². The van der Waals surface area contributed by atoms with E-state index in [1.807, 2.05) is 0 Å². The number of hydrogen-bond donors (Lipinski definition) is 2. The normalized spacial score (nSPS) is 29.9. The molecule has 1 aliphatic heterocycles. The Morgan fingerprint density at radius 2 is 1.74 bits per heavy atom. The lowest BCUT2D eigenvalue weighted by molar-refractivity contribution is -0.143. The standard InChI is InChI=1S/C24H28N2O5/c27-20(17-1-2-19-18(6-17)7-21(28)26-19)13-31-23(30)12-25-22(29)11-24-8-14-3-15(9-24)5-16(4-14)10-24/h1-2,6,14-16H,3-5,7-13H2,(H,25,29)(H,26,28). The monoisotopic (exact) mass is 424 g/mol. The Kier molecular flexibility index (Phi) is 5.07. The van der Waals surface area contributed by atoms with E-state index in [0.29, 0.717) is 17.7 Å². The average molecular weight is 424 g/mol. The molecular weight excluding hydrogens is 396 g/mol. The minimum absolute atomic E-state index is 0.0963. The third kappa shape index (κ3) is 4.23. The van der Waals surface area contributed by atoms with Crippen molar-refractivity contribution < 1.29 is 23.9 Å². The van der Waals surface area contributed by atoms with Gasteiger partial charge in [0.15, 0.2) is 12.4 Å². The van der Waals surface area contributed by atoms with Crippen molar-refractivity contribution in [3.8, 4) is 0 Å². The molecule has 0 spiro atoms. The number of ether oxygens (including phenoxy) is 1. The van der Waals surface area contributed by atoms with E-state index in [-0.39, 0.29) is 42.6 Å². The van der Waals surface area contributed by atoms with E-state index in [1.165, 1.54) is 19.3 Å². The van der Waals surface area contributed by atoms with Gasteiger partial charge in [0.2, 0.25) is 11.8 Å². The molecule has 164 valence electrons. The summed E-state index contributed by atoms with van der Waals surface area (Å²) in [6.45, 7) is -0.606. The third-order valence-corrected chi connectivity index (χ3v) is 7.55. The highest BCUT2D eigenvalue weighted by molar-refractivity contribution is 6.03. The maximum atomic E-state index is 12.5. The molecule has 0 radical (unpaired) electrons. The summed E-state index contributed by atoms with van der Waals surface area (Å²) in [4.78, 5) is 48.3. The summed E-state index contributed by atoms with van der Waals surface area (Å²) < 4.78 is 5.06. The predicted octanol–water partition coefficient (Wildman–Crippen LogP) is 2.63. The van der Waals surface area contributed by atoms with Crippen LogP contribution < -0.4 is 10.6 Å². The fourth-order valence-electron chi connectivity index (χ4n) is 6.76. The van der Waals surface area contributed by atoms with Crippen molar-refractivity contribution in [3.63, 3.8) is 0 Å². The summed E-state index contributed by atoms with van der Waals surface area (Å²) in [5, 5.41) is 5.40. The van der Waals surface area contributed by atoms with E-state index in [4.69, 9.17) is 4.74 Å². The molecule has 1 heterocycles. The molecular formula is C24H28N2O5. The highest BCUT2D eigenvalue weighted by Gasteiger charge is 2.51. The topological polar surface area (TPSA) is 102 Å². The molecule has 2 N–H and O–H groups in total. The number of fused-ring (bicyclic) bond motifs is 1. The number of esters is 1. The summed E-state index contributed by atoms with van der Waals surface area (Å²) in [6, 6.07) is 4.93. The van der Waals surface area contributed by atoms with Crippen LogP contribution in [0.5, 0.6) is 0 Å². The summed E-state index contributed by atoms with van der Waals surface area (Å²) in [7, 11) is 0. The third-order valence-electron chi connectivity index (χ3n) is 7.55. The van der Waals surface area contributed by atoms with Gasteiger partial charge in [-0.15, -0.1) is 0 Å². The molecule has 4 bridgehead atoms. The number of nitrogens with one attached hydrogen (secondary N) is 2. The molecule has 7 nitrogen and oxygen atoms in total. The van der Waals surface area contributed by atoms with Crippen LogP contribution in [0.1, 0.15) is 60.9 Å². The summed E-state index contributed by atoms with van der Waals surface area (Å²) in [6.07, 6.45) is 8.17. The Balaban J connectivity index is 1.07. The molecule has 7 heteroatoms. The number of Topliss-reactive ketones (excluding diaryl/α,β-unsaturated/α-hetero) is 1. The first-order valence-corrected chi connectivity index (χ1v) is 11.3. The number of carbonyl (C=O) groups is 4. The van der Waals surface area contributed by atoms with Crippen LogP contribution in [0.3, 0.4) is 0 Å². The quantitative estimate of drug-likeness (QED) is 0.518. The predicted molar refractivity (Wildman–Crippen MR) is 112 cm³/mol. The molecule has 0 atom stereocenters. The minimum atomic E-state index is -0.620. The largest absolute Gasteiger partial charge is 0.456 e. The zero-order chi connectivity index (χ0) is 21.6. The molecule has 2 amide bonds. The van der Waals surface area contributed by atoms with Crippen molar-refractivity contribution in [1.82, 2.24) is 5.32 Å². The van der Waals surface area contributed by atoms with E-state index in [9.17, 15) is 19.2 Å². The number of anilines is 1. The van der Waals surface area contributed by atoms with Crippen LogP contribution in [0, 0.1) is 23.2 Å². The lowest BCUT2D eigenvalue weighted by Gasteiger charge is -2.56. The van der Waals surface area contributed by atoms with Crippen LogP contribution in [0.15, 0.2) is 18.2 Å². The maximum absolute atomic E-state index is 12.5. The number of carbonyl (C=O) groups excluding carboxylic acids is 4. The summed E-state index contributed by atoms with van der Waals surface area (Å²) in [5.74, 6) is 1.19. The Hall–Kier alpha value is -2.70. The summed E-state index contributed by atoms with van der Waals surface area (Å²) in [5.41, 5.74) is 2.00. The Labute approximate surface area is 181 Å². The molecule has 4 fully saturated rings. The van der Waals surface area contributed by atoms with Crippen molar-refractivity contribution in [2.75, 3.05) is 18.5 Å². The highest BCUT2D eigenvalue weighted by Crippen LogP contribution is 2.61. The van der Waals surface area contributed by atoms with Crippen molar-refractivity contribution in [2.24, 2.45) is 23.2 Å². The van der Waals surface area contributed by atoms with Crippen molar-refractivity contribution in [3.05, 3.63) is 29.3 Å². The SMILES string of the molecule is O=C(CC12CC3CC(CC(C3)C1)C2)NCC(=O)OCC(=O)c1ccc2c(c1)CC(=O)N2. The number of benzene rings is 1. The first-order valence-electron chi connectivity index (χ1n) is 11.3. The zero-order valence-corrected chi connectivity index (χ0v) is 17.6. The van der Waals surface area contributed by atoms with Gasteiger partial charge in [-0.2, -0.15) is 0 Å². The van der Waals surface area contributed by atoms with Gasteiger partial charge in [0.1, 0.15) is 6.54 Å². The van der Waals surface area contributed by atoms with Gasteiger partial charge in [-0.05, 0) is 85.5 Å². The minimum Gasteiger partial charge on any atom is -0.456 e. The van der Waals surface area contributed by atoms with Crippen LogP contribution in [-0.2, 0) is 25.5 Å². The van der Waals surface area contributed by atoms with Crippen LogP contribution in [-0.4, -0.2) is 36.7 Å². The van der Waals surface area contributed by atoms with Gasteiger partial charge in [0.25, 0.3) is 0 Å². The smallest absolute Gasteiger partial charge is 0.325 e. The molecule has 0 unspecified atom stereocenters. The van der Waals surface area contributed by atoms with E-state index >= 15 is 0 Å². The van der Waals surface area contributed by atoms with E-state index in [2.05, 4.69) is 10.6 Å². The molecule has 0 aromatic heterocycles. The van der Waals surface area contributed by atoms with Gasteiger partial charge in [-0.3, -0.25) is 19.2 Å². The van der Waals surface area contributed by atoms with Crippen molar-refractivity contribution in [1.29, 1.82) is 0 Å². The first-order chi connectivity index (χ1) is 14.9. The van der Waals surface area contributed by atoms with Gasteiger partial charge in [-0.1, -0.05) is 0 Å². The van der Waals surface area contributed by atoms with Crippen LogP contribution in [0.2, 0.25) is 0 Å². The first kappa shape index (κ1) is 20.2. The lowest BCUT2D eigenvalue weighted by atomic mass is 9.49. The van der Waals surface area contributed by atoms with Crippen molar-refractivity contribution in [2.45, 2.75) is 51.4 Å². The average Bonchev–Trinajstić information content (AvgIpc) is 3.08. The molecule has 0 saturated heterocycles. The molecule has 1 aromatic carbocycles. The van der Waals surface area contributed by atoms with Gasteiger partial charge < -0.3 is 15.4 Å². The zero-order valence-electron chi connectivity index (χ0n) is 17.6. The number of amides is 2. The molecule has 31 heavy (non-hydrogen) atoms. The van der Waals surface area contributed by atoms with Gasteiger partial charge in [0, 0.05) is 17.7 Å². The second-order valence-corrected chi connectivity index (χ2v) is 10.1. The Morgan fingerprint density at radius 1 is 1.06 bits per heavy atom. The van der Waals surface area contributed by atoms with E-state index in [1.54, 1.807) is 18.2 Å². The maximum Gasteiger partial charge on any atom is 0.325 e. The molecule has 4 saturated carbocycles. The van der Waals surface area contributed by atoms with Crippen LogP contribution in [0.4, 0.5) is 5.69 Å². The van der Waals surface area contributed by atoms with E-state index in [0.717, 1.165) is 42.6 Å². The second kappa shape index (κ2) is 7.77. The summed E-state index contributed by atoms with van der Waals surface area (Å²) >= 11 is 0. The molecule has 6 rings (SSSR count). The molecule has 5 aliphatic rings. The fourth-order valence-corrected chi connectivity index (χ4v) is 6.76. The molecule has 1 aromatic rings. The van der Waals surface area contributed by atoms with Crippen LogP contribution in [0.25, 0.3) is 0 Å². The van der Waals surface area contributed by atoms with Crippen molar-refractivity contribution >= 4 is 29.3 Å².